The summed E-state index contributed by atoms with van der Waals surface area (Å²) in [6.07, 6.45) is 1.07. The number of H-pyrrole nitrogens is 1. The molecule has 1 aliphatic heterocycles. The van der Waals surface area contributed by atoms with E-state index in [0.717, 1.165) is 35.5 Å². The first-order chi connectivity index (χ1) is 13.6. The number of aromatic nitrogens is 2. The van der Waals surface area contributed by atoms with E-state index in [-0.39, 0.29) is 11.7 Å². The summed E-state index contributed by atoms with van der Waals surface area (Å²) in [7, 11) is 1.69. The molecule has 1 atom stereocenters. The van der Waals surface area contributed by atoms with Gasteiger partial charge >= 0.3 is 0 Å². The molecule has 28 heavy (non-hydrogen) atoms. The van der Waals surface area contributed by atoms with Crippen LogP contribution in [0.1, 0.15) is 30.8 Å². The predicted octanol–water partition coefficient (Wildman–Crippen LogP) is 3.28. The predicted molar refractivity (Wildman–Crippen MR) is 109 cm³/mol. The molecule has 0 aliphatic carbocycles. The molecule has 6 heteroatoms. The molecule has 0 radical (unpaired) electrons. The quantitative estimate of drug-likeness (QED) is 0.712. The van der Waals surface area contributed by atoms with Crippen LogP contribution >= 0.6 is 0 Å². The van der Waals surface area contributed by atoms with E-state index in [4.69, 9.17) is 9.47 Å². The second-order valence-corrected chi connectivity index (χ2v) is 7.24. The lowest BCUT2D eigenvalue weighted by atomic mass is 10.1. The van der Waals surface area contributed by atoms with E-state index in [1.165, 1.54) is 5.56 Å². The normalized spacial score (nSPS) is 15.6. The third-order valence-corrected chi connectivity index (χ3v) is 5.15. The lowest BCUT2D eigenvalue weighted by molar-refractivity contribution is 0.235. The van der Waals surface area contributed by atoms with Crippen molar-refractivity contribution in [3.8, 4) is 11.5 Å². The molecule has 0 amide bonds. The fraction of sp³-hybridized carbons (Fsp3) is 0.364. The van der Waals surface area contributed by atoms with Gasteiger partial charge in [-0.2, -0.15) is 0 Å². The third kappa shape index (κ3) is 3.60. The van der Waals surface area contributed by atoms with Crippen LogP contribution in [0.2, 0.25) is 0 Å². The van der Waals surface area contributed by atoms with Crippen molar-refractivity contribution >= 4 is 10.9 Å². The molecule has 2 aromatic carbocycles. The van der Waals surface area contributed by atoms with Crippen LogP contribution in [0.3, 0.4) is 0 Å². The molecule has 2 heterocycles. The molecule has 1 N–H and O–H groups in total. The summed E-state index contributed by atoms with van der Waals surface area (Å²) in [6.45, 7) is 6.25. The Morgan fingerprint density at radius 1 is 1.29 bits per heavy atom. The highest BCUT2D eigenvalue weighted by atomic mass is 16.5. The van der Waals surface area contributed by atoms with Crippen molar-refractivity contribution in [2.45, 2.75) is 39.5 Å². The highest BCUT2D eigenvalue weighted by molar-refractivity contribution is 5.77. The summed E-state index contributed by atoms with van der Waals surface area (Å²) < 4.78 is 11.5. The Labute approximate surface area is 164 Å². The van der Waals surface area contributed by atoms with Gasteiger partial charge in [-0.05, 0) is 37.7 Å². The van der Waals surface area contributed by atoms with Gasteiger partial charge in [-0.15, -0.1) is 0 Å². The number of fused-ring (bicyclic) bond motifs is 2. The molecule has 3 aromatic rings. The largest absolute Gasteiger partial charge is 0.497 e. The van der Waals surface area contributed by atoms with Crippen LogP contribution in [0.15, 0.2) is 41.2 Å². The number of aromatic amines is 1. The zero-order valence-corrected chi connectivity index (χ0v) is 16.5. The maximum absolute atomic E-state index is 12.4. The average molecular weight is 379 g/mol. The van der Waals surface area contributed by atoms with E-state index < -0.39 is 0 Å². The van der Waals surface area contributed by atoms with Gasteiger partial charge in [-0.25, -0.2) is 4.98 Å². The first-order valence-corrected chi connectivity index (χ1v) is 9.64. The minimum Gasteiger partial charge on any atom is -0.497 e. The molecular formula is C22H25N3O3. The highest BCUT2D eigenvalue weighted by Crippen LogP contribution is 2.36. The van der Waals surface area contributed by atoms with Crippen molar-refractivity contribution in [3.05, 3.63) is 63.7 Å². The molecule has 0 bridgehead atoms. The van der Waals surface area contributed by atoms with Gasteiger partial charge < -0.3 is 14.5 Å². The van der Waals surface area contributed by atoms with Crippen molar-refractivity contribution in [1.29, 1.82) is 0 Å². The van der Waals surface area contributed by atoms with E-state index >= 15 is 0 Å². The Hall–Kier alpha value is -2.86. The van der Waals surface area contributed by atoms with Gasteiger partial charge in [0.1, 0.15) is 23.4 Å². The van der Waals surface area contributed by atoms with Crippen LogP contribution < -0.4 is 15.0 Å². The van der Waals surface area contributed by atoms with Gasteiger partial charge in [-0.1, -0.05) is 19.1 Å². The molecule has 1 aliphatic rings. The van der Waals surface area contributed by atoms with Crippen LogP contribution in [-0.2, 0) is 19.5 Å². The van der Waals surface area contributed by atoms with Crippen LogP contribution in [0.4, 0.5) is 0 Å². The number of nitrogens with zero attached hydrogens (tertiary/aromatic N) is 2. The number of rotatable bonds is 6. The maximum Gasteiger partial charge on any atom is 0.258 e. The standard InChI is InChI=1S/C22H25N3O3/c1-4-25(13-20-23-19-8-6-5-7-18(19)22(26)24-20)12-16-11-17(27-3)10-15-9-14(2)28-21(15)16/h5-8,10-11,14H,4,9,12-13H2,1-3H3,(H,23,24,26). The Balaban J connectivity index is 1.61. The smallest absolute Gasteiger partial charge is 0.258 e. The fourth-order valence-corrected chi connectivity index (χ4v) is 3.76. The lowest BCUT2D eigenvalue weighted by Crippen LogP contribution is -2.25. The topological polar surface area (TPSA) is 67.5 Å². The van der Waals surface area contributed by atoms with Crippen molar-refractivity contribution in [2.75, 3.05) is 13.7 Å². The van der Waals surface area contributed by atoms with E-state index in [9.17, 15) is 4.79 Å². The molecule has 4 rings (SSSR count). The number of hydrogen-bond donors (Lipinski definition) is 1. The Kier molecular flexibility index (Phi) is 5.05. The zero-order chi connectivity index (χ0) is 19.7. The first kappa shape index (κ1) is 18.5. The molecule has 1 unspecified atom stereocenters. The van der Waals surface area contributed by atoms with Gasteiger partial charge in [-0.3, -0.25) is 9.69 Å². The minimum atomic E-state index is -0.101. The third-order valence-electron chi connectivity index (χ3n) is 5.15. The second-order valence-electron chi connectivity index (χ2n) is 7.24. The van der Waals surface area contributed by atoms with Crippen molar-refractivity contribution in [2.24, 2.45) is 0 Å². The van der Waals surface area contributed by atoms with Crippen LogP contribution in [0.5, 0.6) is 11.5 Å². The molecule has 146 valence electrons. The van der Waals surface area contributed by atoms with Crippen LogP contribution in [0, 0.1) is 0 Å². The number of methoxy groups -OCH3 is 1. The number of hydrogen-bond acceptors (Lipinski definition) is 5. The summed E-state index contributed by atoms with van der Waals surface area (Å²) in [4.78, 5) is 22.1. The highest BCUT2D eigenvalue weighted by Gasteiger charge is 2.24. The summed E-state index contributed by atoms with van der Waals surface area (Å²) in [5, 5.41) is 0.613. The number of benzene rings is 2. The van der Waals surface area contributed by atoms with Crippen molar-refractivity contribution in [1.82, 2.24) is 14.9 Å². The SMILES string of the molecule is CCN(Cc1nc2ccccc2c(=O)[nH]1)Cc1cc(OC)cc2c1OC(C)C2. The van der Waals surface area contributed by atoms with E-state index in [0.29, 0.717) is 24.3 Å². The fourth-order valence-electron chi connectivity index (χ4n) is 3.76. The molecule has 0 saturated heterocycles. The van der Waals surface area contributed by atoms with Gasteiger partial charge in [0.05, 0.1) is 24.6 Å². The molecule has 1 aromatic heterocycles. The number of nitrogens with one attached hydrogen (secondary N) is 1. The zero-order valence-electron chi connectivity index (χ0n) is 16.5. The molecule has 0 spiro atoms. The second kappa shape index (κ2) is 7.64. The van der Waals surface area contributed by atoms with Crippen molar-refractivity contribution < 1.29 is 9.47 Å². The van der Waals surface area contributed by atoms with Gasteiger partial charge in [0, 0.05) is 24.1 Å². The monoisotopic (exact) mass is 379 g/mol. The molecule has 0 saturated carbocycles. The minimum absolute atomic E-state index is 0.101. The lowest BCUT2D eigenvalue weighted by Gasteiger charge is -2.22. The first-order valence-electron chi connectivity index (χ1n) is 9.64. The summed E-state index contributed by atoms with van der Waals surface area (Å²) >= 11 is 0. The number of para-hydroxylation sites is 1. The average Bonchev–Trinajstić information content (AvgIpc) is 3.07. The van der Waals surface area contributed by atoms with Gasteiger partial charge in [0.2, 0.25) is 0 Å². The van der Waals surface area contributed by atoms with Crippen LogP contribution in [-0.4, -0.2) is 34.6 Å². The van der Waals surface area contributed by atoms with Gasteiger partial charge in [0.25, 0.3) is 5.56 Å². The summed E-state index contributed by atoms with van der Waals surface area (Å²) in [5.74, 6) is 2.48. The van der Waals surface area contributed by atoms with E-state index in [1.54, 1.807) is 13.2 Å². The molecule has 0 fully saturated rings. The Bertz CT molecular complexity index is 1060. The van der Waals surface area contributed by atoms with Crippen molar-refractivity contribution in [3.63, 3.8) is 0 Å². The molecular weight excluding hydrogens is 354 g/mol. The number of ether oxygens (including phenoxy) is 2. The van der Waals surface area contributed by atoms with Gasteiger partial charge in [0.15, 0.2) is 0 Å². The Morgan fingerprint density at radius 2 is 2.11 bits per heavy atom. The maximum atomic E-state index is 12.4. The van der Waals surface area contributed by atoms with E-state index in [1.807, 2.05) is 24.3 Å². The van der Waals surface area contributed by atoms with E-state index in [2.05, 4.69) is 34.8 Å². The Morgan fingerprint density at radius 3 is 2.89 bits per heavy atom. The summed E-state index contributed by atoms with van der Waals surface area (Å²) in [6, 6.07) is 11.5. The van der Waals surface area contributed by atoms with Crippen LogP contribution in [0.25, 0.3) is 10.9 Å². The summed E-state index contributed by atoms with van der Waals surface area (Å²) in [5.41, 5.74) is 2.91. The molecule has 6 nitrogen and oxygen atoms in total.